The second kappa shape index (κ2) is 7.42. The first-order valence-corrected chi connectivity index (χ1v) is 5.35. The molecule has 0 radical (unpaired) electrons. The quantitative estimate of drug-likeness (QED) is 0.506. The minimum atomic E-state index is -0.815. The fourth-order valence-electron chi connectivity index (χ4n) is 1.36. The Balaban J connectivity index is 4.40. The third-order valence-electron chi connectivity index (χ3n) is 2.22. The lowest BCUT2D eigenvalue weighted by molar-refractivity contribution is -0.134. The molecule has 0 saturated carbocycles. The maximum absolute atomic E-state index is 10.9. The van der Waals surface area contributed by atoms with E-state index in [1.54, 1.807) is 0 Å². The van der Waals surface area contributed by atoms with Crippen LogP contribution in [-0.2, 0) is 4.79 Å². The zero-order valence-corrected chi connectivity index (χ0v) is 9.42. The van der Waals surface area contributed by atoms with Crippen molar-refractivity contribution in [3.63, 3.8) is 0 Å². The Hall–Kier alpha value is -0.990. The molecule has 0 aromatic heterocycles. The first kappa shape index (κ1) is 13.0. The maximum atomic E-state index is 10.9. The number of nitrogens with zero attached hydrogens (tertiary/aromatic N) is 1. The Morgan fingerprint density at radius 2 is 1.86 bits per heavy atom. The van der Waals surface area contributed by atoms with Crippen molar-refractivity contribution in [2.75, 3.05) is 13.1 Å². The highest BCUT2D eigenvalue weighted by atomic mass is 16.4. The highest BCUT2D eigenvalue weighted by Gasteiger charge is 2.12. The molecule has 0 spiro atoms. The van der Waals surface area contributed by atoms with E-state index in [1.165, 1.54) is 0 Å². The summed E-state index contributed by atoms with van der Waals surface area (Å²) in [7, 11) is 0. The molecule has 0 rings (SSSR count). The Morgan fingerprint density at radius 3 is 2.21 bits per heavy atom. The minimum absolute atomic E-state index is 0.448. The van der Waals surface area contributed by atoms with Crippen LogP contribution in [0.15, 0.2) is 11.8 Å². The van der Waals surface area contributed by atoms with Crippen molar-refractivity contribution in [3.05, 3.63) is 11.8 Å². The van der Waals surface area contributed by atoms with E-state index in [9.17, 15) is 4.79 Å². The van der Waals surface area contributed by atoms with Crippen LogP contribution in [0.5, 0.6) is 0 Å². The molecule has 82 valence electrons. The van der Waals surface area contributed by atoms with Crippen LogP contribution < -0.4 is 0 Å². The lowest BCUT2D eigenvalue weighted by atomic mass is 10.2. The summed E-state index contributed by atoms with van der Waals surface area (Å²) in [4.78, 5) is 12.8. The number of allylic oxidation sites excluding steroid dienone is 1. The summed E-state index contributed by atoms with van der Waals surface area (Å²) in [5.74, 6) is -0.815. The van der Waals surface area contributed by atoms with Crippen LogP contribution >= 0.6 is 0 Å². The van der Waals surface area contributed by atoms with Gasteiger partial charge >= 0.3 is 5.97 Å². The maximum Gasteiger partial charge on any atom is 0.351 e. The van der Waals surface area contributed by atoms with Crippen LogP contribution in [0.25, 0.3) is 0 Å². The highest BCUT2D eigenvalue weighted by molar-refractivity contribution is 5.85. The van der Waals surface area contributed by atoms with Gasteiger partial charge in [0.1, 0.15) is 5.70 Å². The summed E-state index contributed by atoms with van der Waals surface area (Å²) in [5.41, 5.74) is 0.448. The van der Waals surface area contributed by atoms with E-state index in [2.05, 4.69) is 6.92 Å². The lowest BCUT2D eigenvalue weighted by Crippen LogP contribution is -2.27. The Kier molecular flexibility index (Phi) is 6.89. The van der Waals surface area contributed by atoms with Crippen molar-refractivity contribution < 1.29 is 9.90 Å². The normalized spacial score (nSPS) is 11.5. The summed E-state index contributed by atoms with van der Waals surface area (Å²) < 4.78 is 0. The summed E-state index contributed by atoms with van der Waals surface area (Å²) in [5, 5.41) is 9.00. The lowest BCUT2D eigenvalue weighted by Gasteiger charge is -2.21. The molecule has 0 saturated heterocycles. The van der Waals surface area contributed by atoms with E-state index in [1.807, 2.05) is 24.8 Å². The molecule has 3 nitrogen and oxygen atoms in total. The second-order valence-electron chi connectivity index (χ2n) is 3.21. The fourth-order valence-corrected chi connectivity index (χ4v) is 1.36. The van der Waals surface area contributed by atoms with Gasteiger partial charge in [-0.1, -0.05) is 19.4 Å². The van der Waals surface area contributed by atoms with Gasteiger partial charge in [0, 0.05) is 13.1 Å². The predicted octanol–water partition coefficient (Wildman–Crippen LogP) is 2.49. The summed E-state index contributed by atoms with van der Waals surface area (Å²) in [6, 6.07) is 0. The number of hydrogen-bond acceptors (Lipinski definition) is 2. The summed E-state index contributed by atoms with van der Waals surface area (Å²) >= 11 is 0. The summed E-state index contributed by atoms with van der Waals surface area (Å²) in [6.07, 6.45) is 4.84. The fraction of sp³-hybridized carbons (Fsp3) is 0.727. The first-order valence-electron chi connectivity index (χ1n) is 5.35. The van der Waals surface area contributed by atoms with Gasteiger partial charge in [0.25, 0.3) is 0 Å². The van der Waals surface area contributed by atoms with Gasteiger partial charge in [-0.2, -0.15) is 0 Å². The molecule has 0 aliphatic carbocycles. The zero-order chi connectivity index (χ0) is 11.0. The van der Waals surface area contributed by atoms with Gasteiger partial charge in [-0.25, -0.2) is 4.79 Å². The van der Waals surface area contributed by atoms with Gasteiger partial charge in [0.05, 0.1) is 0 Å². The Bertz CT molecular complexity index is 195. The molecule has 0 aliphatic heterocycles. The number of rotatable bonds is 7. The van der Waals surface area contributed by atoms with Crippen molar-refractivity contribution in [1.82, 2.24) is 4.90 Å². The third-order valence-corrected chi connectivity index (χ3v) is 2.22. The summed E-state index contributed by atoms with van der Waals surface area (Å²) in [6.45, 7) is 7.55. The van der Waals surface area contributed by atoms with Gasteiger partial charge in [-0.15, -0.1) is 0 Å². The van der Waals surface area contributed by atoms with Crippen LogP contribution in [0.4, 0.5) is 0 Å². The molecule has 1 N–H and O–H groups in total. The van der Waals surface area contributed by atoms with Crippen molar-refractivity contribution in [1.29, 1.82) is 0 Å². The molecular weight excluding hydrogens is 178 g/mol. The standard InChI is InChI=1S/C11H21NO2/c1-4-7-8-9-10(11(13)14)12(5-2)6-3/h9H,4-8H2,1-3H3,(H,13,14)/b10-9+. The van der Waals surface area contributed by atoms with Crippen molar-refractivity contribution in [2.45, 2.75) is 40.0 Å². The van der Waals surface area contributed by atoms with E-state index in [4.69, 9.17) is 5.11 Å². The molecule has 0 amide bonds. The molecule has 0 fully saturated rings. The smallest absolute Gasteiger partial charge is 0.351 e. The third kappa shape index (κ3) is 4.30. The van der Waals surface area contributed by atoms with Gasteiger partial charge in [-0.3, -0.25) is 0 Å². The number of likely N-dealkylation sites (N-methyl/N-ethyl adjacent to an activating group) is 1. The molecular formula is C11H21NO2. The number of carboxylic acids is 1. The minimum Gasteiger partial charge on any atom is -0.477 e. The zero-order valence-electron chi connectivity index (χ0n) is 9.42. The molecule has 0 aromatic carbocycles. The van der Waals surface area contributed by atoms with Crippen LogP contribution in [-0.4, -0.2) is 29.1 Å². The molecule has 14 heavy (non-hydrogen) atoms. The number of hydrogen-bond donors (Lipinski definition) is 1. The SMILES string of the molecule is CCCC/C=C(\C(=O)O)N(CC)CC. The molecule has 0 aliphatic rings. The van der Waals surface area contributed by atoms with Gasteiger partial charge < -0.3 is 10.0 Å². The largest absolute Gasteiger partial charge is 0.477 e. The van der Waals surface area contributed by atoms with Gasteiger partial charge in [0.15, 0.2) is 0 Å². The Morgan fingerprint density at radius 1 is 1.29 bits per heavy atom. The van der Waals surface area contributed by atoms with E-state index >= 15 is 0 Å². The second-order valence-corrected chi connectivity index (χ2v) is 3.21. The van der Waals surface area contributed by atoms with Crippen LogP contribution in [0.1, 0.15) is 40.0 Å². The van der Waals surface area contributed by atoms with Crippen LogP contribution in [0, 0.1) is 0 Å². The first-order chi connectivity index (χ1) is 6.67. The average molecular weight is 199 g/mol. The number of carboxylic acid groups (broad SMARTS) is 1. The van der Waals surface area contributed by atoms with Gasteiger partial charge in [-0.05, 0) is 26.7 Å². The van der Waals surface area contributed by atoms with Crippen molar-refractivity contribution >= 4 is 5.97 Å². The monoisotopic (exact) mass is 199 g/mol. The van der Waals surface area contributed by atoms with E-state index < -0.39 is 5.97 Å². The Labute approximate surface area is 86.4 Å². The molecule has 0 heterocycles. The van der Waals surface area contributed by atoms with Crippen molar-refractivity contribution in [3.8, 4) is 0 Å². The highest BCUT2D eigenvalue weighted by Crippen LogP contribution is 2.07. The van der Waals surface area contributed by atoms with E-state index in [0.29, 0.717) is 5.70 Å². The number of unbranched alkanes of at least 4 members (excludes halogenated alkanes) is 2. The number of carbonyl (C=O) groups is 1. The van der Waals surface area contributed by atoms with E-state index in [-0.39, 0.29) is 0 Å². The molecule has 0 bridgehead atoms. The predicted molar refractivity (Wildman–Crippen MR) is 58.2 cm³/mol. The topological polar surface area (TPSA) is 40.5 Å². The average Bonchev–Trinajstić information content (AvgIpc) is 2.17. The van der Waals surface area contributed by atoms with E-state index in [0.717, 1.165) is 32.4 Å². The van der Waals surface area contributed by atoms with Crippen LogP contribution in [0.3, 0.4) is 0 Å². The molecule has 0 aromatic rings. The van der Waals surface area contributed by atoms with Gasteiger partial charge in [0.2, 0.25) is 0 Å². The molecule has 3 heteroatoms. The van der Waals surface area contributed by atoms with Crippen molar-refractivity contribution in [2.24, 2.45) is 0 Å². The number of aliphatic carboxylic acids is 1. The molecule has 0 atom stereocenters. The molecule has 0 unspecified atom stereocenters. The van der Waals surface area contributed by atoms with Crippen LogP contribution in [0.2, 0.25) is 0 Å².